The minimum Gasteiger partial charge on any atom is -0.493 e. The topological polar surface area (TPSA) is 69.2 Å². The average molecular weight is 509 g/mol. The molecule has 0 saturated carbocycles. The molecule has 0 bridgehead atoms. The van der Waals surface area contributed by atoms with Crippen LogP contribution in [-0.2, 0) is 17.8 Å². The maximum atomic E-state index is 12.1. The van der Waals surface area contributed by atoms with Crippen molar-refractivity contribution in [3.63, 3.8) is 0 Å². The molecule has 0 saturated heterocycles. The van der Waals surface area contributed by atoms with Gasteiger partial charge in [0.1, 0.15) is 12.4 Å². The Hall–Kier alpha value is -3.58. The van der Waals surface area contributed by atoms with Gasteiger partial charge >= 0.3 is 0 Å². The Labute approximate surface area is 202 Å². The van der Waals surface area contributed by atoms with Crippen LogP contribution in [0.2, 0.25) is 0 Å². The number of nitrogens with zero attached hydrogens (tertiary/aromatic N) is 1. The van der Waals surface area contributed by atoms with Gasteiger partial charge in [0.15, 0.2) is 18.1 Å². The molecule has 0 fully saturated rings. The second-order valence-electron chi connectivity index (χ2n) is 7.05. The third kappa shape index (κ3) is 7.80. The number of amides is 1. The Balaban J connectivity index is 1.49. The molecule has 6 nitrogen and oxygen atoms in total. The van der Waals surface area contributed by atoms with Crippen molar-refractivity contribution in [2.24, 2.45) is 5.10 Å². The van der Waals surface area contributed by atoms with E-state index in [2.05, 4.69) is 33.0 Å². The summed E-state index contributed by atoms with van der Waals surface area (Å²) >= 11 is 3.45. The van der Waals surface area contributed by atoms with Crippen LogP contribution in [0.15, 0.2) is 89.0 Å². The molecule has 1 N–H and O–H groups in total. The van der Waals surface area contributed by atoms with E-state index in [4.69, 9.17) is 14.2 Å². The number of hydrogen-bond acceptors (Lipinski definition) is 5. The second kappa shape index (κ2) is 12.5. The van der Waals surface area contributed by atoms with Gasteiger partial charge in [-0.25, -0.2) is 5.43 Å². The lowest BCUT2D eigenvalue weighted by Gasteiger charge is -2.11. The molecule has 0 atom stereocenters. The van der Waals surface area contributed by atoms with E-state index in [0.29, 0.717) is 23.9 Å². The minimum absolute atomic E-state index is 0.190. The van der Waals surface area contributed by atoms with Gasteiger partial charge in [-0.1, -0.05) is 52.3 Å². The first kappa shape index (κ1) is 24.1. The molecule has 170 valence electrons. The number of halogens is 1. The molecule has 0 aliphatic rings. The summed E-state index contributed by atoms with van der Waals surface area (Å²) in [6.45, 7) is 3.99. The number of carbonyl (C=O) groups is 1. The molecule has 0 aliphatic heterocycles. The quantitative estimate of drug-likeness (QED) is 0.217. The molecule has 3 aromatic rings. The van der Waals surface area contributed by atoms with Crippen molar-refractivity contribution in [2.75, 3.05) is 13.7 Å². The number of nitrogens with one attached hydrogen (secondary N) is 1. The normalized spacial score (nSPS) is 10.6. The number of hydrazone groups is 1. The molecule has 0 unspecified atom stereocenters. The highest BCUT2D eigenvalue weighted by Gasteiger charge is 2.08. The summed E-state index contributed by atoms with van der Waals surface area (Å²) in [6.07, 6.45) is 4.08. The monoisotopic (exact) mass is 508 g/mol. The van der Waals surface area contributed by atoms with Gasteiger partial charge in [-0.15, -0.1) is 6.58 Å². The van der Waals surface area contributed by atoms with Gasteiger partial charge in [-0.05, 0) is 59.5 Å². The molecule has 0 spiro atoms. The first-order chi connectivity index (χ1) is 16.1. The number of benzene rings is 3. The number of hydrogen-bond donors (Lipinski definition) is 1. The van der Waals surface area contributed by atoms with Gasteiger partial charge in [0.05, 0.1) is 13.3 Å². The van der Waals surface area contributed by atoms with Gasteiger partial charge < -0.3 is 14.2 Å². The van der Waals surface area contributed by atoms with Crippen LogP contribution in [-0.4, -0.2) is 25.8 Å². The first-order valence-corrected chi connectivity index (χ1v) is 11.1. The number of ether oxygens (including phenoxy) is 3. The summed E-state index contributed by atoms with van der Waals surface area (Å²) in [5, 5.41) is 4.00. The molecule has 1 amide bonds. The fourth-order valence-electron chi connectivity index (χ4n) is 2.96. The molecule has 0 aliphatic carbocycles. The highest BCUT2D eigenvalue weighted by atomic mass is 79.9. The van der Waals surface area contributed by atoms with Crippen LogP contribution in [0.1, 0.15) is 16.7 Å². The second-order valence-corrected chi connectivity index (χ2v) is 7.97. The zero-order valence-corrected chi connectivity index (χ0v) is 19.9. The summed E-state index contributed by atoms with van der Waals surface area (Å²) in [6, 6.07) is 20.9. The van der Waals surface area contributed by atoms with Crippen LogP contribution in [0.25, 0.3) is 0 Å². The van der Waals surface area contributed by atoms with Gasteiger partial charge in [-0.2, -0.15) is 5.10 Å². The summed E-state index contributed by atoms with van der Waals surface area (Å²) in [7, 11) is 1.56. The lowest BCUT2D eigenvalue weighted by atomic mass is 10.1. The van der Waals surface area contributed by atoms with Gasteiger partial charge in [0.2, 0.25) is 0 Å². The van der Waals surface area contributed by atoms with Gasteiger partial charge in [0.25, 0.3) is 5.91 Å². The van der Waals surface area contributed by atoms with Crippen LogP contribution in [0, 0.1) is 0 Å². The Bertz CT molecular complexity index is 1130. The largest absolute Gasteiger partial charge is 0.493 e. The molecule has 0 radical (unpaired) electrons. The smallest absolute Gasteiger partial charge is 0.277 e. The standard InChI is InChI=1S/C26H25BrN2O4/c1-3-6-19-11-12-24(25(15-19)31-2)33-18-26(30)29-28-16-20-7-5-10-23(14-20)32-17-21-8-4-9-22(27)13-21/h3-5,7-16H,1,6,17-18H2,2H3,(H,29,30). The third-order valence-corrected chi connectivity index (χ3v) is 5.02. The van der Waals surface area contributed by atoms with E-state index < -0.39 is 0 Å². The minimum atomic E-state index is -0.384. The molecule has 3 rings (SSSR count). The van der Waals surface area contributed by atoms with Crippen molar-refractivity contribution in [1.82, 2.24) is 5.43 Å². The summed E-state index contributed by atoms with van der Waals surface area (Å²) in [5.41, 5.74) is 5.36. The number of rotatable bonds is 11. The number of allylic oxidation sites excluding steroid dienone is 1. The Morgan fingerprint density at radius 1 is 1.03 bits per heavy atom. The van der Waals surface area contributed by atoms with Crippen LogP contribution >= 0.6 is 15.9 Å². The van der Waals surface area contributed by atoms with Crippen molar-refractivity contribution < 1.29 is 19.0 Å². The maximum Gasteiger partial charge on any atom is 0.277 e. The fraction of sp³-hybridized carbons (Fsp3) is 0.154. The van der Waals surface area contributed by atoms with E-state index in [1.54, 1.807) is 19.4 Å². The van der Waals surface area contributed by atoms with Crippen molar-refractivity contribution in [3.05, 3.63) is 101 Å². The fourth-order valence-corrected chi connectivity index (χ4v) is 3.40. The lowest BCUT2D eigenvalue weighted by molar-refractivity contribution is -0.123. The van der Waals surface area contributed by atoms with Crippen LogP contribution in [0.3, 0.4) is 0 Å². The van der Waals surface area contributed by atoms with E-state index >= 15 is 0 Å². The number of carbonyl (C=O) groups excluding carboxylic acids is 1. The zero-order valence-electron chi connectivity index (χ0n) is 18.3. The zero-order chi connectivity index (χ0) is 23.5. The Morgan fingerprint density at radius 3 is 2.67 bits per heavy atom. The Kier molecular flexibility index (Phi) is 9.08. The molecule has 0 aromatic heterocycles. The van der Waals surface area contributed by atoms with Crippen molar-refractivity contribution in [1.29, 1.82) is 0 Å². The van der Waals surface area contributed by atoms with E-state index in [1.807, 2.05) is 66.7 Å². The van der Waals surface area contributed by atoms with E-state index in [0.717, 1.165) is 27.6 Å². The average Bonchev–Trinajstić information content (AvgIpc) is 2.82. The third-order valence-electron chi connectivity index (χ3n) is 4.52. The van der Waals surface area contributed by atoms with E-state index in [-0.39, 0.29) is 12.5 Å². The molecule has 3 aromatic carbocycles. The van der Waals surface area contributed by atoms with Crippen molar-refractivity contribution in [2.45, 2.75) is 13.0 Å². The van der Waals surface area contributed by atoms with Crippen LogP contribution in [0.4, 0.5) is 0 Å². The first-order valence-electron chi connectivity index (χ1n) is 10.3. The molecule has 0 heterocycles. The molecular weight excluding hydrogens is 484 g/mol. The van der Waals surface area contributed by atoms with E-state index in [1.165, 1.54) is 0 Å². The van der Waals surface area contributed by atoms with Gasteiger partial charge in [-0.3, -0.25) is 4.79 Å². The maximum absolute atomic E-state index is 12.1. The predicted molar refractivity (Wildman–Crippen MR) is 133 cm³/mol. The molecule has 33 heavy (non-hydrogen) atoms. The SMILES string of the molecule is C=CCc1ccc(OCC(=O)NN=Cc2cccc(OCc3cccc(Br)c3)c2)c(OC)c1. The van der Waals surface area contributed by atoms with Gasteiger partial charge in [0, 0.05) is 4.47 Å². The molecule has 7 heteroatoms. The highest BCUT2D eigenvalue weighted by molar-refractivity contribution is 9.10. The van der Waals surface area contributed by atoms with Crippen LogP contribution in [0.5, 0.6) is 17.2 Å². The predicted octanol–water partition coefficient (Wildman–Crippen LogP) is 5.29. The summed E-state index contributed by atoms with van der Waals surface area (Å²) in [5.74, 6) is 1.37. The summed E-state index contributed by atoms with van der Waals surface area (Å²) in [4.78, 5) is 12.1. The van der Waals surface area contributed by atoms with Crippen molar-refractivity contribution in [3.8, 4) is 17.2 Å². The Morgan fingerprint density at radius 2 is 1.88 bits per heavy atom. The van der Waals surface area contributed by atoms with E-state index in [9.17, 15) is 4.79 Å². The summed E-state index contributed by atoms with van der Waals surface area (Å²) < 4.78 is 17.7. The van der Waals surface area contributed by atoms with Crippen molar-refractivity contribution >= 4 is 28.1 Å². The highest BCUT2D eigenvalue weighted by Crippen LogP contribution is 2.28. The van der Waals surface area contributed by atoms with Crippen LogP contribution < -0.4 is 19.6 Å². The molecular formula is C26H25BrN2O4. The lowest BCUT2D eigenvalue weighted by Crippen LogP contribution is -2.24. The number of methoxy groups -OCH3 is 1.